The molecule has 0 saturated carbocycles. The van der Waals surface area contributed by atoms with Gasteiger partial charge in [0.05, 0.1) is 0 Å². The van der Waals surface area contributed by atoms with Crippen molar-refractivity contribution >= 4 is 45.9 Å². The van der Waals surface area contributed by atoms with Gasteiger partial charge in [0.25, 0.3) is 0 Å². The molecular weight excluding hydrogens is 691 g/mol. The van der Waals surface area contributed by atoms with E-state index in [1.54, 1.807) is 6.20 Å². The zero-order valence-electron chi connectivity index (χ0n) is 23.3. The molecule has 2 aliphatic heterocycles. The molecule has 0 spiro atoms. The molecule has 0 aliphatic carbocycles. The summed E-state index contributed by atoms with van der Waals surface area (Å²) in [4.78, 5) is 13.5. The van der Waals surface area contributed by atoms with E-state index in [4.69, 9.17) is 0 Å². The maximum absolute atomic E-state index is 4.62. The van der Waals surface area contributed by atoms with Gasteiger partial charge in [-0.05, 0) is 58.3 Å². The second kappa shape index (κ2) is 11.8. The topological polar surface area (TPSA) is 32.3 Å². The fourth-order valence-electron chi connectivity index (χ4n) is 6.07. The summed E-state index contributed by atoms with van der Waals surface area (Å²) in [6.45, 7) is 0.205. The van der Waals surface area contributed by atoms with E-state index in [0.29, 0.717) is 0 Å². The summed E-state index contributed by atoms with van der Waals surface area (Å²) < 4.78 is 0. The SMILES string of the molecule is CN1c2ccccc2B2c3cc[c-]c(-c4ccccn4)c3N(C)c3cccc1c32.[Ir].[c-]1ccccc1-c1ccccn1. The number of nitrogens with zero attached hydrogens (tertiary/aromatic N) is 4. The van der Waals surface area contributed by atoms with Crippen LogP contribution in [0, 0.1) is 12.1 Å². The molecule has 4 heterocycles. The summed E-state index contributed by atoms with van der Waals surface area (Å²) in [5.74, 6) is 0. The van der Waals surface area contributed by atoms with Gasteiger partial charge < -0.3 is 19.8 Å². The number of hydrogen-bond acceptors (Lipinski definition) is 4. The molecule has 42 heavy (non-hydrogen) atoms. The van der Waals surface area contributed by atoms with Crippen molar-refractivity contribution in [1.29, 1.82) is 0 Å². The average Bonchev–Trinajstić information content (AvgIpc) is 3.06. The van der Waals surface area contributed by atoms with E-state index in [2.05, 4.69) is 101 Å². The predicted octanol–water partition coefficient (Wildman–Crippen LogP) is 5.77. The molecule has 0 amide bonds. The van der Waals surface area contributed by atoms with Gasteiger partial charge in [-0.3, -0.25) is 0 Å². The van der Waals surface area contributed by atoms with E-state index in [-0.39, 0.29) is 26.8 Å². The van der Waals surface area contributed by atoms with Crippen LogP contribution >= 0.6 is 0 Å². The summed E-state index contributed by atoms with van der Waals surface area (Å²) in [7, 11) is 4.32. The molecule has 2 aliphatic rings. The summed E-state index contributed by atoms with van der Waals surface area (Å²) in [5.41, 5.74) is 13.0. The molecule has 6 aromatic rings. The van der Waals surface area contributed by atoms with Gasteiger partial charge in [0.15, 0.2) is 0 Å². The molecule has 6 heteroatoms. The van der Waals surface area contributed by atoms with Gasteiger partial charge in [-0.15, -0.1) is 65.1 Å². The Bertz CT molecular complexity index is 1790. The smallest absolute Gasteiger partial charge is 0.233 e. The number of fused-ring (bicyclic) bond motifs is 4. The molecule has 1 radical (unpaired) electrons. The van der Waals surface area contributed by atoms with Gasteiger partial charge in [-0.1, -0.05) is 48.5 Å². The van der Waals surface area contributed by atoms with Crippen molar-refractivity contribution in [3.05, 3.63) is 140 Å². The Morgan fingerprint density at radius 3 is 1.95 bits per heavy atom. The van der Waals surface area contributed by atoms with E-state index in [1.165, 1.54) is 39.1 Å². The number of pyridine rings is 2. The molecule has 0 unspecified atom stereocenters. The van der Waals surface area contributed by atoms with Gasteiger partial charge in [0, 0.05) is 63.7 Å². The molecule has 2 aromatic heterocycles. The Morgan fingerprint density at radius 1 is 0.571 bits per heavy atom. The zero-order chi connectivity index (χ0) is 27.8. The fraction of sp³-hybridized carbons (Fsp3) is 0.0556. The van der Waals surface area contributed by atoms with Crippen molar-refractivity contribution in [2.45, 2.75) is 0 Å². The molecule has 8 rings (SSSR count). The second-order valence-corrected chi connectivity index (χ2v) is 10.2. The minimum Gasteiger partial charge on any atom is -0.385 e. The number of hydrogen-bond donors (Lipinski definition) is 0. The van der Waals surface area contributed by atoms with Crippen molar-refractivity contribution in [3.8, 4) is 22.5 Å². The van der Waals surface area contributed by atoms with Crippen LogP contribution in [0.5, 0.6) is 0 Å². The van der Waals surface area contributed by atoms with E-state index in [1.807, 2.05) is 66.9 Å². The summed E-state index contributed by atoms with van der Waals surface area (Å²) in [6.07, 6.45) is 3.64. The van der Waals surface area contributed by atoms with E-state index in [9.17, 15) is 0 Å². The minimum absolute atomic E-state index is 0. The maximum atomic E-state index is 4.62. The van der Waals surface area contributed by atoms with Crippen LogP contribution in [0.2, 0.25) is 0 Å². The third kappa shape index (κ3) is 4.73. The number of anilines is 4. The number of para-hydroxylation sites is 1. The Balaban J connectivity index is 0.000000205. The van der Waals surface area contributed by atoms with Crippen molar-refractivity contribution in [3.63, 3.8) is 0 Å². The van der Waals surface area contributed by atoms with Gasteiger partial charge in [-0.2, -0.15) is 0 Å². The third-order valence-corrected chi connectivity index (χ3v) is 7.90. The quantitative estimate of drug-likeness (QED) is 0.168. The van der Waals surface area contributed by atoms with Crippen molar-refractivity contribution in [2.75, 3.05) is 23.9 Å². The fourth-order valence-corrected chi connectivity index (χ4v) is 6.07. The van der Waals surface area contributed by atoms with Gasteiger partial charge in [0.1, 0.15) is 0 Å². The molecule has 0 atom stereocenters. The molecule has 0 fully saturated rings. The number of aromatic nitrogens is 2. The van der Waals surface area contributed by atoms with Crippen LogP contribution in [0.15, 0.2) is 128 Å². The van der Waals surface area contributed by atoms with Crippen LogP contribution in [0.25, 0.3) is 22.5 Å². The first-order valence-corrected chi connectivity index (χ1v) is 13.8. The standard InChI is InChI=1S/C25H19BN3.C11H8N.Ir/c1-28-21-13-4-3-10-18(21)26-19-11-7-9-17(20-12-5-6-16-27-20)25(19)29(2)23-15-8-14-22(28)24(23)26;1-2-6-10(7-3-1)11-8-4-5-9-12-11;/h3-8,10-16H,1-2H3;1-6,8-9H;/q2*-1;. The number of benzene rings is 4. The van der Waals surface area contributed by atoms with Gasteiger partial charge >= 0.3 is 0 Å². The normalized spacial score (nSPS) is 12.2. The zero-order valence-corrected chi connectivity index (χ0v) is 25.7. The van der Waals surface area contributed by atoms with Crippen LogP contribution in [-0.4, -0.2) is 30.8 Å². The van der Waals surface area contributed by atoms with Crippen molar-refractivity contribution in [1.82, 2.24) is 9.97 Å². The molecule has 0 bridgehead atoms. The Kier molecular flexibility index (Phi) is 7.75. The summed E-state index contributed by atoms with van der Waals surface area (Å²) >= 11 is 0. The minimum atomic E-state index is 0. The molecule has 0 saturated heterocycles. The average molecular weight is 719 g/mol. The summed E-state index contributed by atoms with van der Waals surface area (Å²) in [6, 6.07) is 46.0. The molecule has 4 aromatic carbocycles. The third-order valence-electron chi connectivity index (χ3n) is 7.90. The maximum Gasteiger partial charge on any atom is 0.233 e. The van der Waals surface area contributed by atoms with Gasteiger partial charge in [0.2, 0.25) is 6.71 Å². The summed E-state index contributed by atoms with van der Waals surface area (Å²) in [5, 5.41) is 0. The van der Waals surface area contributed by atoms with Crippen LogP contribution in [-0.2, 0) is 20.1 Å². The Hall–Kier alpha value is -4.51. The van der Waals surface area contributed by atoms with Crippen molar-refractivity contribution < 1.29 is 20.1 Å². The van der Waals surface area contributed by atoms with Gasteiger partial charge in [-0.25, -0.2) is 0 Å². The van der Waals surface area contributed by atoms with Crippen molar-refractivity contribution in [2.24, 2.45) is 0 Å². The monoisotopic (exact) mass is 719 g/mol. The first-order chi connectivity index (χ1) is 20.2. The molecule has 4 nitrogen and oxygen atoms in total. The Morgan fingerprint density at radius 2 is 1.24 bits per heavy atom. The molecule has 205 valence electrons. The van der Waals surface area contributed by atoms with Crippen LogP contribution < -0.4 is 26.2 Å². The number of rotatable bonds is 2. The van der Waals surface area contributed by atoms with E-state index >= 15 is 0 Å². The largest absolute Gasteiger partial charge is 0.385 e. The van der Waals surface area contributed by atoms with E-state index < -0.39 is 0 Å². The van der Waals surface area contributed by atoms with Crippen LogP contribution in [0.3, 0.4) is 0 Å². The second-order valence-electron chi connectivity index (χ2n) is 10.2. The van der Waals surface area contributed by atoms with E-state index in [0.717, 1.165) is 22.5 Å². The molecular formula is C36H27BIrN4-2. The Labute approximate surface area is 261 Å². The van der Waals surface area contributed by atoms with Crippen LogP contribution in [0.1, 0.15) is 0 Å². The first kappa shape index (κ1) is 27.7. The predicted molar refractivity (Wildman–Crippen MR) is 171 cm³/mol. The molecule has 0 N–H and O–H groups in total. The first-order valence-electron chi connectivity index (χ1n) is 13.8. The van der Waals surface area contributed by atoms with Crippen LogP contribution in [0.4, 0.5) is 22.7 Å².